The lowest BCUT2D eigenvalue weighted by molar-refractivity contribution is -0.00823. The first kappa shape index (κ1) is 28.1. The molecule has 11 rings (SSSR count). The number of hydrogen-bond donors (Lipinski definition) is 2. The summed E-state index contributed by atoms with van der Waals surface area (Å²) < 4.78 is 13.9. The molecular formula is C40H42N4O2. The van der Waals surface area contributed by atoms with Crippen molar-refractivity contribution in [3.05, 3.63) is 70.8 Å². The Morgan fingerprint density at radius 2 is 0.826 bits per heavy atom. The van der Waals surface area contributed by atoms with E-state index in [2.05, 4.69) is 24.3 Å². The Kier molecular flexibility index (Phi) is 6.21. The average molecular weight is 611 g/mol. The van der Waals surface area contributed by atoms with Gasteiger partial charge in [0.2, 0.25) is 0 Å². The fourth-order valence-corrected chi connectivity index (χ4v) is 12.1. The summed E-state index contributed by atoms with van der Waals surface area (Å²) in [6.07, 6.45) is 15.3. The fraction of sp³-hybridized carbons (Fsp3) is 0.500. The number of nitriles is 2. The molecule has 3 aromatic rings. The summed E-state index contributed by atoms with van der Waals surface area (Å²) in [4.78, 5) is 0. The molecule has 0 unspecified atom stereocenters. The van der Waals surface area contributed by atoms with Crippen LogP contribution in [0, 0.1) is 58.2 Å². The van der Waals surface area contributed by atoms with E-state index in [1.165, 1.54) is 88.2 Å². The van der Waals surface area contributed by atoms with Gasteiger partial charge in [0, 0.05) is 11.1 Å². The molecule has 0 amide bonds. The van der Waals surface area contributed by atoms with Gasteiger partial charge in [-0.3, -0.25) is 0 Å². The summed E-state index contributed by atoms with van der Waals surface area (Å²) in [5.41, 5.74) is 17.6. The summed E-state index contributed by atoms with van der Waals surface area (Å²) >= 11 is 0. The van der Waals surface area contributed by atoms with Crippen LogP contribution in [0.5, 0.6) is 23.0 Å². The van der Waals surface area contributed by atoms with E-state index in [9.17, 15) is 10.5 Å². The lowest BCUT2D eigenvalue weighted by Crippen LogP contribution is -2.49. The van der Waals surface area contributed by atoms with Gasteiger partial charge < -0.3 is 20.9 Å². The van der Waals surface area contributed by atoms with Crippen molar-refractivity contribution in [1.82, 2.24) is 0 Å². The largest absolute Gasteiger partial charge is 0.455 e. The fourth-order valence-electron chi connectivity index (χ4n) is 12.1. The maximum absolute atomic E-state index is 9.49. The second-order valence-electron chi connectivity index (χ2n) is 16.2. The van der Waals surface area contributed by atoms with Crippen molar-refractivity contribution in [2.45, 2.75) is 87.9 Å². The zero-order valence-corrected chi connectivity index (χ0v) is 26.4. The number of benzene rings is 3. The first-order chi connectivity index (χ1) is 22.3. The molecule has 6 nitrogen and oxygen atoms in total. The van der Waals surface area contributed by atoms with Crippen LogP contribution in [-0.2, 0) is 10.8 Å². The lowest BCUT2D eigenvalue weighted by Gasteiger charge is -2.58. The van der Waals surface area contributed by atoms with Crippen LogP contribution in [0.4, 0.5) is 11.4 Å². The summed E-state index contributed by atoms with van der Waals surface area (Å²) in [6, 6.07) is 19.8. The van der Waals surface area contributed by atoms with E-state index >= 15 is 0 Å². The van der Waals surface area contributed by atoms with Crippen LogP contribution in [0.15, 0.2) is 48.5 Å². The molecule has 0 radical (unpaired) electrons. The molecule has 234 valence electrons. The maximum Gasteiger partial charge on any atom is 0.150 e. The van der Waals surface area contributed by atoms with Crippen molar-refractivity contribution in [1.29, 1.82) is 10.5 Å². The maximum atomic E-state index is 9.49. The van der Waals surface area contributed by atoms with Crippen molar-refractivity contribution < 1.29 is 9.47 Å². The smallest absolute Gasteiger partial charge is 0.150 e. The molecule has 0 aliphatic heterocycles. The van der Waals surface area contributed by atoms with E-state index in [1.54, 1.807) is 24.3 Å². The second-order valence-corrected chi connectivity index (χ2v) is 16.2. The number of nitrogens with two attached hydrogens (primary N) is 2. The third kappa shape index (κ3) is 4.48. The Bertz CT molecular complexity index is 1630. The number of hydrogen-bond acceptors (Lipinski definition) is 6. The number of nitrogen functional groups attached to an aromatic ring is 2. The Balaban J connectivity index is 1.24. The minimum absolute atomic E-state index is 0.0414. The Labute approximate surface area is 271 Å². The van der Waals surface area contributed by atoms with E-state index in [0.717, 1.165) is 47.0 Å². The van der Waals surface area contributed by atoms with Gasteiger partial charge in [-0.05, 0) is 172 Å². The van der Waals surface area contributed by atoms with Gasteiger partial charge in [0.15, 0.2) is 0 Å². The van der Waals surface area contributed by atoms with Gasteiger partial charge in [0.1, 0.15) is 23.0 Å². The predicted octanol–water partition coefficient (Wildman–Crippen LogP) is 9.11. The highest BCUT2D eigenvalue weighted by Crippen LogP contribution is 2.66. The van der Waals surface area contributed by atoms with Gasteiger partial charge in [-0.2, -0.15) is 10.5 Å². The molecule has 0 aromatic heterocycles. The number of ether oxygens (including phenoxy) is 2. The molecule has 0 heterocycles. The highest BCUT2D eigenvalue weighted by Gasteiger charge is 2.55. The summed E-state index contributed by atoms with van der Waals surface area (Å²) in [5, 5.41) is 19.0. The van der Waals surface area contributed by atoms with E-state index in [4.69, 9.17) is 20.9 Å². The zero-order chi connectivity index (χ0) is 31.2. The number of rotatable bonds is 6. The quantitative estimate of drug-likeness (QED) is 0.269. The Morgan fingerprint density at radius 1 is 0.500 bits per heavy atom. The normalized spacial score (nSPS) is 34.7. The van der Waals surface area contributed by atoms with Crippen LogP contribution in [0.2, 0.25) is 0 Å². The molecule has 8 aliphatic rings. The predicted molar refractivity (Wildman–Crippen MR) is 177 cm³/mol. The van der Waals surface area contributed by atoms with Crippen LogP contribution in [-0.4, -0.2) is 0 Å². The first-order valence-electron chi connectivity index (χ1n) is 17.4. The van der Waals surface area contributed by atoms with Gasteiger partial charge >= 0.3 is 0 Å². The number of nitrogens with zero attached hydrogens (tertiary/aromatic N) is 2. The van der Waals surface area contributed by atoms with Gasteiger partial charge in [0.05, 0.1) is 34.6 Å². The highest BCUT2D eigenvalue weighted by atomic mass is 16.5. The lowest BCUT2D eigenvalue weighted by atomic mass is 9.47. The summed E-state index contributed by atoms with van der Waals surface area (Å²) in [5.74, 6) is 7.61. The minimum Gasteiger partial charge on any atom is -0.455 e. The molecule has 8 aliphatic carbocycles. The molecule has 8 saturated carbocycles. The third-order valence-corrected chi connectivity index (χ3v) is 13.0. The zero-order valence-electron chi connectivity index (χ0n) is 26.4. The van der Waals surface area contributed by atoms with E-state index in [-0.39, 0.29) is 10.8 Å². The van der Waals surface area contributed by atoms with Crippen molar-refractivity contribution in [2.75, 3.05) is 11.5 Å². The van der Waals surface area contributed by atoms with Crippen molar-refractivity contribution in [2.24, 2.45) is 35.5 Å². The molecule has 0 spiro atoms. The Hall–Kier alpha value is -4.16. The summed E-state index contributed by atoms with van der Waals surface area (Å²) in [7, 11) is 0. The second kappa shape index (κ2) is 10.2. The van der Waals surface area contributed by atoms with Crippen LogP contribution in [0.3, 0.4) is 0 Å². The Morgan fingerprint density at radius 3 is 1.11 bits per heavy atom. The van der Waals surface area contributed by atoms with Crippen molar-refractivity contribution in [3.63, 3.8) is 0 Å². The van der Waals surface area contributed by atoms with Crippen LogP contribution in [0.1, 0.15) is 99.3 Å². The van der Waals surface area contributed by atoms with Crippen LogP contribution < -0.4 is 20.9 Å². The SMILES string of the molecule is N#Cc1ccc(Oc2cc(C34CC5CC(CC(C5)C3)C4)c(Oc3ccc(C#N)cc3N)cc2C23CC4CC(CC(C4)C2)C3)c(N)c1. The monoisotopic (exact) mass is 610 g/mol. The molecule has 0 atom stereocenters. The van der Waals surface area contributed by atoms with Crippen LogP contribution >= 0.6 is 0 Å². The van der Waals surface area contributed by atoms with Gasteiger partial charge in [0.25, 0.3) is 0 Å². The minimum atomic E-state index is 0.0414. The van der Waals surface area contributed by atoms with E-state index in [0.29, 0.717) is 34.0 Å². The molecule has 3 aromatic carbocycles. The van der Waals surface area contributed by atoms with E-state index in [1.807, 2.05) is 12.1 Å². The molecule has 0 saturated heterocycles. The molecule has 46 heavy (non-hydrogen) atoms. The van der Waals surface area contributed by atoms with Crippen LogP contribution in [0.25, 0.3) is 0 Å². The average Bonchev–Trinajstić information content (AvgIpc) is 3.02. The molecule has 8 fully saturated rings. The topological polar surface area (TPSA) is 118 Å². The molecule has 8 bridgehead atoms. The van der Waals surface area contributed by atoms with Crippen molar-refractivity contribution >= 4 is 11.4 Å². The van der Waals surface area contributed by atoms with Crippen molar-refractivity contribution in [3.8, 4) is 35.1 Å². The van der Waals surface area contributed by atoms with E-state index < -0.39 is 0 Å². The molecule has 4 N–H and O–H groups in total. The first-order valence-corrected chi connectivity index (χ1v) is 17.4. The standard InChI is InChI=1S/C40H42N4O2/c41-21-23-1-3-35(33(43)11-23)45-37-13-32(40-18-28-8-29(19-40)10-30(9-28)20-40)38(46-36-4-2-24(22-42)12-34(36)44)14-31(37)39-15-25-5-26(16-39)7-27(6-25)17-39/h1-4,11-14,25-30H,5-10,15-20,43-44H2. The third-order valence-electron chi connectivity index (χ3n) is 13.0. The van der Waals surface area contributed by atoms with Gasteiger partial charge in [-0.1, -0.05) is 0 Å². The summed E-state index contributed by atoms with van der Waals surface area (Å²) in [6.45, 7) is 0. The molecule has 6 heteroatoms. The highest BCUT2D eigenvalue weighted by molar-refractivity contribution is 5.63. The van der Waals surface area contributed by atoms with Gasteiger partial charge in [-0.25, -0.2) is 0 Å². The molecular weight excluding hydrogens is 568 g/mol. The number of anilines is 2. The van der Waals surface area contributed by atoms with Gasteiger partial charge in [-0.15, -0.1) is 0 Å².